The predicted molar refractivity (Wildman–Crippen MR) is 166 cm³/mol. The van der Waals surface area contributed by atoms with Crippen molar-refractivity contribution in [3.05, 3.63) is 119 Å². The Labute approximate surface area is 253 Å². The van der Waals surface area contributed by atoms with Crippen LogP contribution < -0.4 is 0 Å². The minimum absolute atomic E-state index is 0.0257. The van der Waals surface area contributed by atoms with Crippen LogP contribution in [0.4, 0.5) is 0 Å². The molecule has 0 bridgehead atoms. The summed E-state index contributed by atoms with van der Waals surface area (Å²) in [5.74, 6) is -1.36. The summed E-state index contributed by atoms with van der Waals surface area (Å²) < 4.78 is 6.67. The SMILES string of the molecule is O=C(CCCN1CCC(OC(c2ccccc2)c2ccccc2)CC1)c1ccc(CC2CC2)cc1.O=C(O)/C=C/C(=O)O. The second-order valence-corrected chi connectivity index (χ2v) is 11.3. The fraction of sp³-hybridized carbons (Fsp3) is 0.361. The standard InChI is InChI=1S/C32H37NO2.C4H4O4/c34-31(27-17-15-26(16-18-27)24-25-13-14-25)12-7-21-33-22-19-30(20-23-33)35-32(28-8-3-1-4-9-28)29-10-5-2-6-11-29;5-3(6)1-2-4(7)8/h1-6,8-11,15-18,25,30,32H,7,12-14,19-24H2;1-2H,(H,5,6)(H,7,8)/b;2-1+. The van der Waals surface area contributed by atoms with Crippen molar-refractivity contribution in [2.75, 3.05) is 19.6 Å². The minimum Gasteiger partial charge on any atom is -0.478 e. The molecule has 1 saturated carbocycles. The van der Waals surface area contributed by atoms with Crippen molar-refractivity contribution in [1.82, 2.24) is 4.90 Å². The van der Waals surface area contributed by atoms with Crippen molar-refractivity contribution in [1.29, 1.82) is 0 Å². The molecule has 2 N–H and O–H groups in total. The normalized spacial score (nSPS) is 15.7. The number of rotatable bonds is 13. The van der Waals surface area contributed by atoms with E-state index in [1.54, 1.807) is 0 Å². The van der Waals surface area contributed by atoms with Crippen molar-refractivity contribution >= 4 is 17.7 Å². The van der Waals surface area contributed by atoms with Gasteiger partial charge in [0.05, 0.1) is 6.10 Å². The predicted octanol–water partition coefficient (Wildman–Crippen LogP) is 6.58. The van der Waals surface area contributed by atoms with E-state index in [0.717, 1.165) is 50.4 Å². The van der Waals surface area contributed by atoms with Crippen LogP contribution in [0.15, 0.2) is 97.1 Å². The second kappa shape index (κ2) is 16.5. The van der Waals surface area contributed by atoms with Gasteiger partial charge in [-0.2, -0.15) is 0 Å². The lowest BCUT2D eigenvalue weighted by Crippen LogP contribution is -2.38. The smallest absolute Gasteiger partial charge is 0.328 e. The van der Waals surface area contributed by atoms with Crippen LogP contribution >= 0.6 is 0 Å². The first-order chi connectivity index (χ1) is 20.9. The maximum Gasteiger partial charge on any atom is 0.328 e. The summed E-state index contributed by atoms with van der Waals surface area (Å²) in [6, 6.07) is 29.4. The largest absolute Gasteiger partial charge is 0.478 e. The number of nitrogens with zero attached hydrogens (tertiary/aromatic N) is 1. The lowest BCUT2D eigenvalue weighted by Gasteiger charge is -2.34. The quantitative estimate of drug-likeness (QED) is 0.173. The van der Waals surface area contributed by atoms with Crippen LogP contribution in [0, 0.1) is 5.92 Å². The summed E-state index contributed by atoms with van der Waals surface area (Å²) >= 11 is 0. The number of carbonyl (C=O) groups is 3. The van der Waals surface area contributed by atoms with Crippen LogP contribution in [0.2, 0.25) is 0 Å². The van der Waals surface area contributed by atoms with Crippen LogP contribution in [0.1, 0.15) is 71.7 Å². The summed E-state index contributed by atoms with van der Waals surface area (Å²) in [5.41, 5.74) is 4.65. The fourth-order valence-corrected chi connectivity index (χ4v) is 5.30. The zero-order valence-electron chi connectivity index (χ0n) is 24.5. The molecular formula is C36H41NO6. The molecule has 7 heteroatoms. The number of hydrogen-bond acceptors (Lipinski definition) is 5. The highest BCUT2D eigenvalue weighted by molar-refractivity contribution is 5.96. The summed E-state index contributed by atoms with van der Waals surface area (Å²) in [4.78, 5) is 34.2. The zero-order valence-corrected chi connectivity index (χ0v) is 24.5. The summed E-state index contributed by atoms with van der Waals surface area (Å²) in [7, 11) is 0. The van der Waals surface area contributed by atoms with Gasteiger partial charge in [-0.05, 0) is 67.7 Å². The molecule has 5 rings (SSSR count). The molecule has 2 fully saturated rings. The van der Waals surface area contributed by atoms with E-state index in [2.05, 4.69) is 77.7 Å². The van der Waals surface area contributed by atoms with Gasteiger partial charge in [-0.15, -0.1) is 0 Å². The Hall–Kier alpha value is -4.07. The fourth-order valence-electron chi connectivity index (χ4n) is 5.30. The molecule has 7 nitrogen and oxygen atoms in total. The van der Waals surface area contributed by atoms with Crippen molar-refractivity contribution in [2.45, 2.75) is 57.2 Å². The minimum atomic E-state index is -1.26. The highest BCUT2D eigenvalue weighted by Gasteiger charge is 2.25. The number of likely N-dealkylation sites (tertiary alicyclic amines) is 1. The van der Waals surface area contributed by atoms with Gasteiger partial charge in [-0.25, -0.2) is 9.59 Å². The Bertz CT molecular complexity index is 1270. The maximum absolute atomic E-state index is 12.6. The molecule has 0 aromatic heterocycles. The van der Waals surface area contributed by atoms with E-state index in [1.807, 2.05) is 12.1 Å². The molecular weight excluding hydrogens is 542 g/mol. The van der Waals surface area contributed by atoms with Gasteiger partial charge in [0.2, 0.25) is 0 Å². The molecule has 0 radical (unpaired) electrons. The van der Waals surface area contributed by atoms with Gasteiger partial charge in [0.25, 0.3) is 0 Å². The third kappa shape index (κ3) is 11.3. The first-order valence-corrected chi connectivity index (χ1v) is 15.1. The number of Topliss-reactive ketones (excluding diaryl/α,β-unsaturated/α-hetero) is 1. The summed E-state index contributed by atoms with van der Waals surface area (Å²) in [5, 5.41) is 15.6. The molecule has 226 valence electrons. The Morgan fingerprint density at radius 1 is 0.767 bits per heavy atom. The van der Waals surface area contributed by atoms with Gasteiger partial charge in [0, 0.05) is 37.2 Å². The van der Waals surface area contributed by atoms with Crippen LogP contribution in [-0.4, -0.2) is 58.6 Å². The van der Waals surface area contributed by atoms with Gasteiger partial charge < -0.3 is 19.8 Å². The number of carbonyl (C=O) groups excluding carboxylic acids is 1. The molecule has 1 saturated heterocycles. The first kappa shape index (κ1) is 31.9. The molecule has 0 spiro atoms. The molecule has 2 aliphatic rings. The van der Waals surface area contributed by atoms with Crippen LogP contribution in [0.3, 0.4) is 0 Å². The van der Waals surface area contributed by atoms with E-state index in [0.29, 0.717) is 18.6 Å². The van der Waals surface area contributed by atoms with Gasteiger partial charge in [-0.1, -0.05) is 84.9 Å². The van der Waals surface area contributed by atoms with E-state index in [-0.39, 0.29) is 18.0 Å². The highest BCUT2D eigenvalue weighted by atomic mass is 16.5. The number of piperidine rings is 1. The zero-order chi connectivity index (χ0) is 30.4. The van der Waals surface area contributed by atoms with Crippen molar-refractivity contribution in [2.24, 2.45) is 5.92 Å². The number of carboxylic acid groups (broad SMARTS) is 2. The molecule has 3 aromatic rings. The van der Waals surface area contributed by atoms with Crippen LogP contribution in [-0.2, 0) is 20.7 Å². The molecule has 1 heterocycles. The lowest BCUT2D eigenvalue weighted by molar-refractivity contribution is -0.134. The second-order valence-electron chi connectivity index (χ2n) is 11.3. The van der Waals surface area contributed by atoms with E-state index in [1.165, 1.54) is 36.0 Å². The number of aliphatic carboxylic acids is 2. The van der Waals surface area contributed by atoms with E-state index in [4.69, 9.17) is 14.9 Å². The Kier molecular flexibility index (Phi) is 12.3. The van der Waals surface area contributed by atoms with Crippen LogP contribution in [0.5, 0.6) is 0 Å². The van der Waals surface area contributed by atoms with E-state index < -0.39 is 11.9 Å². The molecule has 0 unspecified atom stereocenters. The molecule has 1 aliphatic heterocycles. The van der Waals surface area contributed by atoms with Crippen molar-refractivity contribution in [3.8, 4) is 0 Å². The van der Waals surface area contributed by atoms with Gasteiger partial charge in [0.15, 0.2) is 5.78 Å². The summed E-state index contributed by atoms with van der Waals surface area (Å²) in [6.45, 7) is 3.05. The van der Waals surface area contributed by atoms with E-state index >= 15 is 0 Å². The Morgan fingerprint density at radius 2 is 1.30 bits per heavy atom. The average molecular weight is 584 g/mol. The first-order valence-electron chi connectivity index (χ1n) is 15.1. The van der Waals surface area contributed by atoms with Gasteiger partial charge in [0.1, 0.15) is 6.10 Å². The molecule has 43 heavy (non-hydrogen) atoms. The molecule has 3 aromatic carbocycles. The number of benzene rings is 3. The number of carboxylic acids is 2. The molecule has 1 aliphatic carbocycles. The number of ether oxygens (including phenoxy) is 1. The highest BCUT2D eigenvalue weighted by Crippen LogP contribution is 2.33. The van der Waals surface area contributed by atoms with Gasteiger partial charge >= 0.3 is 11.9 Å². The number of ketones is 1. The average Bonchev–Trinajstić information content (AvgIpc) is 3.85. The topological polar surface area (TPSA) is 104 Å². The number of hydrogen-bond donors (Lipinski definition) is 2. The van der Waals surface area contributed by atoms with Crippen LogP contribution in [0.25, 0.3) is 0 Å². The molecule has 0 atom stereocenters. The van der Waals surface area contributed by atoms with Gasteiger partial charge in [-0.3, -0.25) is 4.79 Å². The van der Waals surface area contributed by atoms with E-state index in [9.17, 15) is 14.4 Å². The van der Waals surface area contributed by atoms with Crippen molar-refractivity contribution < 1.29 is 29.3 Å². The maximum atomic E-state index is 12.6. The molecule has 0 amide bonds. The third-order valence-electron chi connectivity index (χ3n) is 7.81. The lowest BCUT2D eigenvalue weighted by atomic mass is 10.00. The Balaban J connectivity index is 0.000000467. The third-order valence-corrected chi connectivity index (χ3v) is 7.81. The summed E-state index contributed by atoms with van der Waals surface area (Å²) in [6.07, 6.45) is 8.87. The Morgan fingerprint density at radius 3 is 1.79 bits per heavy atom. The van der Waals surface area contributed by atoms with Crippen molar-refractivity contribution in [3.63, 3.8) is 0 Å². The monoisotopic (exact) mass is 583 g/mol.